The van der Waals surface area contributed by atoms with Gasteiger partial charge in [0.05, 0.1) is 5.56 Å². The van der Waals surface area contributed by atoms with Crippen molar-refractivity contribution in [2.75, 3.05) is 31.2 Å². The van der Waals surface area contributed by atoms with Crippen molar-refractivity contribution < 1.29 is 9.90 Å². The van der Waals surface area contributed by atoms with E-state index in [-0.39, 0.29) is 5.56 Å². The van der Waals surface area contributed by atoms with Crippen LogP contribution in [0.3, 0.4) is 0 Å². The van der Waals surface area contributed by atoms with Crippen LogP contribution in [0.5, 0.6) is 0 Å². The van der Waals surface area contributed by atoms with Crippen LogP contribution in [-0.4, -0.2) is 42.2 Å². The molecule has 0 aromatic heterocycles. The summed E-state index contributed by atoms with van der Waals surface area (Å²) in [6, 6.07) is 5.62. The van der Waals surface area contributed by atoms with E-state index in [0.717, 1.165) is 13.1 Å². The molecule has 1 aliphatic carbocycles. The summed E-state index contributed by atoms with van der Waals surface area (Å²) < 4.78 is 0. The fourth-order valence-corrected chi connectivity index (χ4v) is 2.79. The van der Waals surface area contributed by atoms with Crippen LogP contribution in [0.4, 0.5) is 11.4 Å². The molecule has 0 unspecified atom stereocenters. The van der Waals surface area contributed by atoms with Crippen molar-refractivity contribution in [1.82, 2.24) is 4.90 Å². The molecular weight excluding hydrogens is 254 g/mol. The third-order valence-electron chi connectivity index (χ3n) is 4.00. The van der Waals surface area contributed by atoms with E-state index in [9.17, 15) is 4.79 Å². The highest BCUT2D eigenvalue weighted by molar-refractivity contribution is 5.95. The highest BCUT2D eigenvalue weighted by Crippen LogP contribution is 2.22. The first kappa shape index (κ1) is 14.7. The Hall–Kier alpha value is -1.75. The van der Waals surface area contributed by atoms with Crippen molar-refractivity contribution in [1.29, 1.82) is 0 Å². The van der Waals surface area contributed by atoms with Gasteiger partial charge in [0.25, 0.3) is 0 Å². The second-order valence-corrected chi connectivity index (χ2v) is 5.46. The summed E-state index contributed by atoms with van der Waals surface area (Å²) in [5, 5.41) is 12.4. The number of likely N-dealkylation sites (N-methyl/N-ethyl adjacent to an activating group) is 1. The fourth-order valence-electron chi connectivity index (χ4n) is 2.79. The lowest BCUT2D eigenvalue weighted by Crippen LogP contribution is -2.33. The molecule has 5 heteroatoms. The number of rotatable bonds is 6. The number of nitrogens with zero attached hydrogens (tertiary/aromatic N) is 1. The molecule has 0 amide bonds. The van der Waals surface area contributed by atoms with Crippen molar-refractivity contribution in [2.45, 2.75) is 31.7 Å². The predicted octanol–water partition coefficient (Wildman–Crippen LogP) is 2.25. The van der Waals surface area contributed by atoms with Gasteiger partial charge in [-0.25, -0.2) is 4.79 Å². The van der Waals surface area contributed by atoms with E-state index in [1.54, 1.807) is 12.1 Å². The van der Waals surface area contributed by atoms with Crippen molar-refractivity contribution in [3.8, 4) is 0 Å². The minimum absolute atomic E-state index is 0.230. The standard InChI is InChI=1S/C15H23N3O2/c1-18(12-4-2-3-5-12)9-8-17-14-7-6-11(16)10-13(14)15(19)20/h6-7,10,12,17H,2-5,8-9,16H2,1H3,(H,19,20). The third kappa shape index (κ3) is 3.63. The Labute approximate surface area is 119 Å². The summed E-state index contributed by atoms with van der Waals surface area (Å²) in [5.74, 6) is -0.955. The topological polar surface area (TPSA) is 78.6 Å². The number of nitrogen functional groups attached to an aromatic ring is 1. The zero-order valence-electron chi connectivity index (χ0n) is 11.9. The first-order valence-corrected chi connectivity index (χ1v) is 7.15. The molecule has 1 aromatic rings. The van der Waals surface area contributed by atoms with Gasteiger partial charge in [0.1, 0.15) is 0 Å². The monoisotopic (exact) mass is 277 g/mol. The number of anilines is 2. The predicted molar refractivity (Wildman–Crippen MR) is 81.2 cm³/mol. The number of nitrogens with one attached hydrogen (secondary N) is 1. The first-order chi connectivity index (χ1) is 9.58. The summed E-state index contributed by atoms with van der Waals surface area (Å²) in [5.41, 5.74) is 6.96. The van der Waals surface area contributed by atoms with E-state index in [1.165, 1.54) is 31.7 Å². The van der Waals surface area contributed by atoms with Crippen LogP contribution in [0.15, 0.2) is 18.2 Å². The maximum Gasteiger partial charge on any atom is 0.337 e. The molecule has 0 aliphatic heterocycles. The smallest absolute Gasteiger partial charge is 0.337 e. The molecule has 0 bridgehead atoms. The van der Waals surface area contributed by atoms with Crippen LogP contribution in [-0.2, 0) is 0 Å². The van der Waals surface area contributed by atoms with Gasteiger partial charge in [-0.15, -0.1) is 0 Å². The highest BCUT2D eigenvalue weighted by Gasteiger charge is 2.19. The van der Waals surface area contributed by atoms with Crippen molar-refractivity contribution in [3.63, 3.8) is 0 Å². The molecule has 1 saturated carbocycles. The molecule has 4 N–H and O–H groups in total. The second-order valence-electron chi connectivity index (χ2n) is 5.46. The zero-order chi connectivity index (χ0) is 14.5. The molecule has 0 saturated heterocycles. The molecule has 5 nitrogen and oxygen atoms in total. The lowest BCUT2D eigenvalue weighted by atomic mass is 10.1. The number of carbonyl (C=O) groups is 1. The van der Waals surface area contributed by atoms with Crippen LogP contribution in [0.25, 0.3) is 0 Å². The van der Waals surface area contributed by atoms with Crippen LogP contribution in [0, 0.1) is 0 Å². The molecule has 110 valence electrons. The van der Waals surface area contributed by atoms with E-state index in [4.69, 9.17) is 10.8 Å². The number of aromatic carboxylic acids is 1. The molecule has 0 radical (unpaired) electrons. The number of hydrogen-bond acceptors (Lipinski definition) is 4. The first-order valence-electron chi connectivity index (χ1n) is 7.15. The molecule has 0 spiro atoms. The quantitative estimate of drug-likeness (QED) is 0.695. The zero-order valence-corrected chi connectivity index (χ0v) is 11.9. The van der Waals surface area contributed by atoms with Crippen molar-refractivity contribution in [2.24, 2.45) is 0 Å². The van der Waals surface area contributed by atoms with Gasteiger partial charge in [-0.1, -0.05) is 12.8 Å². The van der Waals surface area contributed by atoms with E-state index >= 15 is 0 Å². The summed E-state index contributed by atoms with van der Waals surface area (Å²) in [4.78, 5) is 13.5. The van der Waals surface area contributed by atoms with Gasteiger partial charge in [0.2, 0.25) is 0 Å². The highest BCUT2D eigenvalue weighted by atomic mass is 16.4. The Balaban J connectivity index is 1.89. The molecule has 1 aliphatic rings. The van der Waals surface area contributed by atoms with Gasteiger partial charge in [0, 0.05) is 30.5 Å². The Morgan fingerprint density at radius 3 is 2.80 bits per heavy atom. The largest absolute Gasteiger partial charge is 0.478 e. The summed E-state index contributed by atoms with van der Waals surface area (Å²) in [6.07, 6.45) is 5.20. The number of hydrogen-bond donors (Lipinski definition) is 3. The lowest BCUT2D eigenvalue weighted by molar-refractivity contribution is 0.0698. The molecule has 0 heterocycles. The number of carboxylic acids is 1. The Bertz CT molecular complexity index is 470. The number of nitrogens with two attached hydrogens (primary N) is 1. The van der Waals surface area contributed by atoms with Crippen LogP contribution in [0.2, 0.25) is 0 Å². The van der Waals surface area contributed by atoms with Crippen molar-refractivity contribution in [3.05, 3.63) is 23.8 Å². The minimum atomic E-state index is -0.955. The number of benzene rings is 1. The average Bonchev–Trinajstić information content (AvgIpc) is 2.94. The normalized spacial score (nSPS) is 15.7. The molecule has 2 rings (SSSR count). The van der Waals surface area contributed by atoms with Gasteiger partial charge in [-0.3, -0.25) is 0 Å². The van der Waals surface area contributed by atoms with Gasteiger partial charge in [-0.2, -0.15) is 0 Å². The van der Waals surface area contributed by atoms with Gasteiger partial charge in [-0.05, 0) is 38.1 Å². The van der Waals surface area contributed by atoms with E-state index in [0.29, 0.717) is 17.4 Å². The van der Waals surface area contributed by atoms with Crippen LogP contribution >= 0.6 is 0 Å². The lowest BCUT2D eigenvalue weighted by Gasteiger charge is -2.24. The van der Waals surface area contributed by atoms with E-state index in [1.807, 2.05) is 0 Å². The summed E-state index contributed by atoms with van der Waals surface area (Å²) >= 11 is 0. The maximum atomic E-state index is 11.2. The summed E-state index contributed by atoms with van der Waals surface area (Å²) in [7, 11) is 2.14. The fraction of sp³-hybridized carbons (Fsp3) is 0.533. The number of carboxylic acid groups (broad SMARTS) is 1. The van der Waals surface area contributed by atoms with Crippen molar-refractivity contribution >= 4 is 17.3 Å². The van der Waals surface area contributed by atoms with E-state index < -0.39 is 5.97 Å². The van der Waals surface area contributed by atoms with E-state index in [2.05, 4.69) is 17.3 Å². The average molecular weight is 277 g/mol. The Morgan fingerprint density at radius 1 is 1.45 bits per heavy atom. The SMILES string of the molecule is CN(CCNc1ccc(N)cc1C(=O)O)C1CCCC1. The molecular formula is C15H23N3O2. The molecule has 1 fully saturated rings. The van der Waals surface area contributed by atoms with Gasteiger partial charge < -0.3 is 21.1 Å². The van der Waals surface area contributed by atoms with Gasteiger partial charge in [0.15, 0.2) is 0 Å². The maximum absolute atomic E-state index is 11.2. The van der Waals surface area contributed by atoms with Crippen LogP contribution in [0.1, 0.15) is 36.0 Å². The van der Waals surface area contributed by atoms with Crippen LogP contribution < -0.4 is 11.1 Å². The molecule has 1 aromatic carbocycles. The minimum Gasteiger partial charge on any atom is -0.478 e. The Morgan fingerprint density at radius 2 is 2.15 bits per heavy atom. The summed E-state index contributed by atoms with van der Waals surface area (Å²) in [6.45, 7) is 1.64. The Kier molecular flexibility index (Phi) is 4.84. The molecule has 0 atom stereocenters. The van der Waals surface area contributed by atoms with Gasteiger partial charge >= 0.3 is 5.97 Å². The third-order valence-corrected chi connectivity index (χ3v) is 4.00. The second kappa shape index (κ2) is 6.61. The molecule has 20 heavy (non-hydrogen) atoms.